The van der Waals surface area contributed by atoms with Crippen LogP contribution in [-0.4, -0.2) is 14.8 Å². The molecule has 0 aliphatic carbocycles. The average Bonchev–Trinajstić information content (AvgIpc) is 2.42. The number of unbranched alkanes of at least 4 members (excludes halogenated alkanes) is 1. The van der Waals surface area contributed by atoms with Crippen LogP contribution in [0, 0.1) is 0 Å². The van der Waals surface area contributed by atoms with Crippen molar-refractivity contribution in [2.45, 2.75) is 32.7 Å². The van der Waals surface area contributed by atoms with E-state index in [2.05, 4.69) is 6.92 Å². The molecule has 4 nitrogen and oxygen atoms in total. The minimum absolute atomic E-state index is 0.0167. The molecule has 1 aromatic heterocycles. The maximum atomic E-state index is 12.0. The van der Waals surface area contributed by atoms with Crippen molar-refractivity contribution in [3.63, 3.8) is 0 Å². The summed E-state index contributed by atoms with van der Waals surface area (Å²) in [5.74, 6) is 0.223. The smallest absolute Gasteiger partial charge is 0.254 e. The number of aryl methyl sites for hydroxylation is 1. The molecule has 2 aromatic rings. The van der Waals surface area contributed by atoms with Gasteiger partial charge in [-0.1, -0.05) is 25.5 Å². The van der Waals surface area contributed by atoms with Crippen molar-refractivity contribution in [2.75, 3.05) is 0 Å². The molecule has 0 bridgehead atoms. The topological polar surface area (TPSA) is 62.5 Å². The summed E-state index contributed by atoms with van der Waals surface area (Å²) in [5, 5.41) is 18.9. The van der Waals surface area contributed by atoms with E-state index in [0.29, 0.717) is 6.54 Å². The van der Waals surface area contributed by atoms with Crippen molar-refractivity contribution in [3.05, 3.63) is 58.0 Å². The summed E-state index contributed by atoms with van der Waals surface area (Å²) < 4.78 is 1.67. The molecule has 0 amide bonds. The second-order valence-electron chi connectivity index (χ2n) is 4.90. The van der Waals surface area contributed by atoms with E-state index < -0.39 is 0 Å². The number of phenols is 1. The minimum Gasteiger partial charge on any atom is -0.508 e. The molecular formula is C16H19NO3. The molecule has 0 saturated heterocycles. The highest BCUT2D eigenvalue weighted by molar-refractivity contribution is 5.28. The fourth-order valence-corrected chi connectivity index (χ4v) is 2.16. The minimum atomic E-state index is -0.204. The van der Waals surface area contributed by atoms with E-state index in [1.165, 1.54) is 6.07 Å². The lowest BCUT2D eigenvalue weighted by atomic mass is 10.1. The zero-order valence-electron chi connectivity index (χ0n) is 11.5. The summed E-state index contributed by atoms with van der Waals surface area (Å²) in [5.41, 5.74) is 1.57. The lowest BCUT2D eigenvalue weighted by Crippen LogP contribution is -2.23. The van der Waals surface area contributed by atoms with Gasteiger partial charge in [-0.25, -0.2) is 0 Å². The maximum absolute atomic E-state index is 12.0. The van der Waals surface area contributed by atoms with Gasteiger partial charge in [-0.15, -0.1) is 0 Å². The number of aromatic hydroxyl groups is 2. The molecule has 0 radical (unpaired) electrons. The van der Waals surface area contributed by atoms with Crippen molar-refractivity contribution in [3.8, 4) is 11.5 Å². The number of rotatable bonds is 5. The van der Waals surface area contributed by atoms with Gasteiger partial charge in [-0.3, -0.25) is 4.79 Å². The Morgan fingerprint density at radius 1 is 1.05 bits per heavy atom. The normalized spacial score (nSPS) is 10.7. The predicted octanol–water partition coefficient (Wildman–Crippen LogP) is 2.65. The molecule has 0 aliphatic rings. The number of hydrogen-bond acceptors (Lipinski definition) is 3. The molecule has 106 valence electrons. The van der Waals surface area contributed by atoms with Crippen LogP contribution in [0.1, 0.15) is 31.0 Å². The van der Waals surface area contributed by atoms with Gasteiger partial charge in [0.1, 0.15) is 11.5 Å². The first-order valence-corrected chi connectivity index (χ1v) is 6.81. The van der Waals surface area contributed by atoms with Crippen LogP contribution in [0.2, 0.25) is 0 Å². The Bertz CT molecular complexity index is 629. The summed E-state index contributed by atoms with van der Waals surface area (Å²) in [6, 6.07) is 9.67. The number of aromatic nitrogens is 1. The third-order valence-electron chi connectivity index (χ3n) is 3.26. The molecular weight excluding hydrogens is 254 g/mol. The third-order valence-corrected chi connectivity index (χ3v) is 3.26. The molecule has 20 heavy (non-hydrogen) atoms. The summed E-state index contributed by atoms with van der Waals surface area (Å²) >= 11 is 0. The first-order valence-electron chi connectivity index (χ1n) is 6.81. The van der Waals surface area contributed by atoms with Crippen LogP contribution in [0.3, 0.4) is 0 Å². The molecule has 1 aromatic carbocycles. The third kappa shape index (κ3) is 3.41. The number of phenolic OH excluding ortho intramolecular Hbond substituents is 1. The Morgan fingerprint density at radius 3 is 2.40 bits per heavy atom. The molecule has 1 heterocycles. The molecule has 0 aliphatic heterocycles. The number of pyridine rings is 1. The van der Waals surface area contributed by atoms with Crippen molar-refractivity contribution in [2.24, 2.45) is 0 Å². The molecule has 2 rings (SSSR count). The fraction of sp³-hybridized carbons (Fsp3) is 0.312. The van der Waals surface area contributed by atoms with E-state index in [4.69, 9.17) is 0 Å². The average molecular weight is 273 g/mol. The van der Waals surface area contributed by atoms with Gasteiger partial charge in [0.15, 0.2) is 0 Å². The quantitative estimate of drug-likeness (QED) is 0.880. The van der Waals surface area contributed by atoms with Crippen molar-refractivity contribution >= 4 is 0 Å². The van der Waals surface area contributed by atoms with E-state index in [-0.39, 0.29) is 17.1 Å². The van der Waals surface area contributed by atoms with Crippen LogP contribution in [0.4, 0.5) is 0 Å². The van der Waals surface area contributed by atoms with Gasteiger partial charge in [0.2, 0.25) is 0 Å². The van der Waals surface area contributed by atoms with Crippen molar-refractivity contribution in [1.29, 1.82) is 0 Å². The molecule has 0 atom stereocenters. The van der Waals surface area contributed by atoms with Gasteiger partial charge in [-0.05, 0) is 36.6 Å². The van der Waals surface area contributed by atoms with E-state index in [9.17, 15) is 15.0 Å². The van der Waals surface area contributed by atoms with Crippen LogP contribution in [0.15, 0.2) is 41.2 Å². The first kappa shape index (κ1) is 14.2. The highest BCUT2D eigenvalue weighted by Crippen LogP contribution is 2.15. The number of nitrogens with zero attached hydrogens (tertiary/aromatic N) is 1. The van der Waals surface area contributed by atoms with Crippen LogP contribution in [-0.2, 0) is 13.0 Å². The Labute approximate surface area is 117 Å². The zero-order valence-corrected chi connectivity index (χ0v) is 11.5. The Morgan fingerprint density at radius 2 is 1.75 bits per heavy atom. The zero-order chi connectivity index (χ0) is 14.5. The molecule has 2 N–H and O–H groups in total. The van der Waals surface area contributed by atoms with E-state index in [1.807, 2.05) is 0 Å². The van der Waals surface area contributed by atoms with Crippen molar-refractivity contribution in [1.82, 2.24) is 4.57 Å². The molecule has 4 heteroatoms. The Hall–Kier alpha value is -2.23. The number of benzene rings is 1. The van der Waals surface area contributed by atoms with Gasteiger partial charge in [-0.2, -0.15) is 0 Å². The van der Waals surface area contributed by atoms with Crippen LogP contribution >= 0.6 is 0 Å². The molecule has 0 saturated carbocycles. The second kappa shape index (κ2) is 6.28. The lowest BCUT2D eigenvalue weighted by molar-refractivity contribution is 0.468. The second-order valence-corrected chi connectivity index (χ2v) is 4.90. The van der Waals surface area contributed by atoms with Crippen LogP contribution in [0.5, 0.6) is 11.5 Å². The summed E-state index contributed by atoms with van der Waals surface area (Å²) in [7, 11) is 0. The lowest BCUT2D eigenvalue weighted by Gasteiger charge is -2.13. The molecule has 0 fully saturated rings. The predicted molar refractivity (Wildman–Crippen MR) is 78.2 cm³/mol. The van der Waals surface area contributed by atoms with Gasteiger partial charge in [0.05, 0.1) is 6.54 Å². The van der Waals surface area contributed by atoms with Gasteiger partial charge >= 0.3 is 0 Å². The van der Waals surface area contributed by atoms with Gasteiger partial charge < -0.3 is 14.8 Å². The Balaban J connectivity index is 2.34. The number of hydrogen-bond donors (Lipinski definition) is 2. The van der Waals surface area contributed by atoms with E-state index >= 15 is 0 Å². The standard InChI is InChI=1S/C16H19NO3/c1-2-3-4-13-9-15(19)10-16(20)17(13)11-12-5-7-14(18)8-6-12/h5-10,18-19H,2-4,11H2,1H3. The highest BCUT2D eigenvalue weighted by Gasteiger charge is 2.07. The van der Waals surface area contributed by atoms with Gasteiger partial charge in [0, 0.05) is 11.8 Å². The van der Waals surface area contributed by atoms with Crippen LogP contribution in [0.25, 0.3) is 0 Å². The first-order chi connectivity index (χ1) is 9.60. The van der Waals surface area contributed by atoms with Gasteiger partial charge in [0.25, 0.3) is 5.56 Å². The Kier molecular flexibility index (Phi) is 4.45. The van der Waals surface area contributed by atoms with E-state index in [0.717, 1.165) is 30.5 Å². The monoisotopic (exact) mass is 273 g/mol. The molecule has 0 unspecified atom stereocenters. The van der Waals surface area contributed by atoms with E-state index in [1.54, 1.807) is 34.9 Å². The SMILES string of the molecule is CCCCc1cc(O)cc(=O)n1Cc1ccc(O)cc1. The maximum Gasteiger partial charge on any atom is 0.254 e. The summed E-state index contributed by atoms with van der Waals surface area (Å²) in [6.45, 7) is 2.53. The summed E-state index contributed by atoms with van der Waals surface area (Å²) in [4.78, 5) is 12.0. The summed E-state index contributed by atoms with van der Waals surface area (Å²) in [6.07, 6.45) is 2.76. The fourth-order valence-electron chi connectivity index (χ4n) is 2.16. The largest absolute Gasteiger partial charge is 0.508 e. The molecule has 0 spiro atoms. The van der Waals surface area contributed by atoms with Crippen molar-refractivity contribution < 1.29 is 10.2 Å². The highest BCUT2D eigenvalue weighted by atomic mass is 16.3. The van der Waals surface area contributed by atoms with Crippen LogP contribution < -0.4 is 5.56 Å².